The first-order chi connectivity index (χ1) is 14.6. The molecule has 6 heteroatoms. The van der Waals surface area contributed by atoms with Crippen LogP contribution in [-0.4, -0.2) is 39.6 Å². The van der Waals surface area contributed by atoms with E-state index in [0.717, 1.165) is 56.6 Å². The zero-order valence-electron chi connectivity index (χ0n) is 18.1. The number of benzene rings is 2. The topological polar surface area (TPSA) is 64.1 Å². The van der Waals surface area contributed by atoms with Crippen molar-refractivity contribution < 1.29 is 14.2 Å². The van der Waals surface area contributed by atoms with Crippen LogP contribution in [0.25, 0.3) is 0 Å². The lowest BCUT2D eigenvalue weighted by atomic mass is 9.74. The fraction of sp³-hybridized carbons (Fsp3) is 0.458. The summed E-state index contributed by atoms with van der Waals surface area (Å²) >= 11 is 0. The van der Waals surface area contributed by atoms with Gasteiger partial charge in [-0.2, -0.15) is 0 Å². The molecule has 0 atom stereocenters. The van der Waals surface area contributed by atoms with E-state index in [9.17, 15) is 0 Å². The summed E-state index contributed by atoms with van der Waals surface area (Å²) in [6.45, 7) is 7.59. The predicted molar refractivity (Wildman–Crippen MR) is 118 cm³/mol. The van der Waals surface area contributed by atoms with E-state index in [-0.39, 0.29) is 5.41 Å². The van der Waals surface area contributed by atoms with Gasteiger partial charge in [-0.25, -0.2) is 0 Å². The summed E-state index contributed by atoms with van der Waals surface area (Å²) in [5.74, 6) is 2.46. The summed E-state index contributed by atoms with van der Waals surface area (Å²) in [6, 6.07) is 12.8. The first-order valence-corrected chi connectivity index (χ1v) is 10.6. The van der Waals surface area contributed by atoms with Crippen molar-refractivity contribution in [1.29, 1.82) is 0 Å². The van der Waals surface area contributed by atoms with Crippen LogP contribution in [0.4, 0.5) is 0 Å². The highest BCUT2D eigenvalue weighted by molar-refractivity contribution is 5.79. The summed E-state index contributed by atoms with van der Waals surface area (Å²) in [5, 5.41) is 7.02. The van der Waals surface area contributed by atoms with Crippen LogP contribution in [0.2, 0.25) is 0 Å². The molecule has 2 aromatic rings. The Balaban J connectivity index is 1.45. The second-order valence-electron chi connectivity index (χ2n) is 8.17. The number of hydrogen-bond acceptors (Lipinski definition) is 4. The Kier molecular flexibility index (Phi) is 6.13. The minimum atomic E-state index is -0.0311. The molecule has 0 saturated carbocycles. The summed E-state index contributed by atoms with van der Waals surface area (Å²) in [7, 11) is 1.81. The molecule has 0 unspecified atom stereocenters. The minimum absolute atomic E-state index is 0.0311. The van der Waals surface area contributed by atoms with Crippen molar-refractivity contribution >= 4 is 5.96 Å². The molecule has 160 valence electrons. The minimum Gasteiger partial charge on any atom is -0.454 e. The quantitative estimate of drug-likeness (QED) is 0.585. The molecule has 2 heterocycles. The number of fused-ring (bicyclic) bond motifs is 1. The van der Waals surface area contributed by atoms with Crippen LogP contribution < -0.4 is 20.1 Å². The highest BCUT2D eigenvalue weighted by atomic mass is 16.7. The molecule has 1 saturated heterocycles. The Bertz CT molecular complexity index is 920. The number of hydrogen-bond donors (Lipinski definition) is 2. The van der Waals surface area contributed by atoms with E-state index in [1.54, 1.807) is 0 Å². The standard InChI is InChI=1S/C24H31N3O3/c1-17-4-5-19(18(2)12-17)14-26-23(25-3)27-15-24(8-10-28-11-9-24)20-6-7-21-22(13-20)30-16-29-21/h4-7,12-13H,8-11,14-16H2,1-3H3,(H2,25,26,27). The van der Waals surface area contributed by atoms with Gasteiger partial charge in [0.15, 0.2) is 17.5 Å². The van der Waals surface area contributed by atoms with E-state index in [4.69, 9.17) is 14.2 Å². The van der Waals surface area contributed by atoms with E-state index >= 15 is 0 Å². The second-order valence-corrected chi connectivity index (χ2v) is 8.17. The van der Waals surface area contributed by atoms with Crippen LogP contribution in [0.5, 0.6) is 11.5 Å². The lowest BCUT2D eigenvalue weighted by Crippen LogP contribution is -2.48. The van der Waals surface area contributed by atoms with Gasteiger partial charge in [0, 0.05) is 38.8 Å². The van der Waals surface area contributed by atoms with Crippen LogP contribution in [0.15, 0.2) is 41.4 Å². The van der Waals surface area contributed by atoms with Crippen molar-refractivity contribution in [1.82, 2.24) is 10.6 Å². The molecule has 0 bridgehead atoms. The van der Waals surface area contributed by atoms with Gasteiger partial charge in [-0.1, -0.05) is 29.8 Å². The normalized spacial score (nSPS) is 17.6. The Labute approximate surface area is 178 Å². The van der Waals surface area contributed by atoms with Crippen molar-refractivity contribution in [2.24, 2.45) is 4.99 Å². The van der Waals surface area contributed by atoms with Gasteiger partial charge in [0.25, 0.3) is 0 Å². The number of rotatable bonds is 5. The maximum absolute atomic E-state index is 5.67. The maximum Gasteiger partial charge on any atom is 0.231 e. The Morgan fingerprint density at radius 1 is 1.00 bits per heavy atom. The van der Waals surface area contributed by atoms with E-state index in [0.29, 0.717) is 6.79 Å². The maximum atomic E-state index is 5.67. The van der Waals surface area contributed by atoms with Gasteiger partial charge in [-0.3, -0.25) is 4.99 Å². The van der Waals surface area contributed by atoms with Gasteiger partial charge in [0.2, 0.25) is 6.79 Å². The zero-order valence-corrected chi connectivity index (χ0v) is 18.1. The number of nitrogens with one attached hydrogen (secondary N) is 2. The molecule has 30 heavy (non-hydrogen) atoms. The first kappa shape index (κ1) is 20.5. The third-order valence-corrected chi connectivity index (χ3v) is 6.20. The molecule has 2 aliphatic rings. The molecule has 2 aliphatic heterocycles. The molecule has 4 rings (SSSR count). The molecule has 0 aliphatic carbocycles. The number of ether oxygens (including phenoxy) is 3. The summed E-state index contributed by atoms with van der Waals surface area (Å²) in [5.41, 5.74) is 5.08. The fourth-order valence-electron chi connectivity index (χ4n) is 4.25. The average Bonchev–Trinajstić information content (AvgIpc) is 3.23. The van der Waals surface area contributed by atoms with E-state index in [1.807, 2.05) is 13.1 Å². The van der Waals surface area contributed by atoms with Gasteiger partial charge in [0.1, 0.15) is 0 Å². The van der Waals surface area contributed by atoms with Gasteiger partial charge in [-0.15, -0.1) is 0 Å². The van der Waals surface area contributed by atoms with Crippen molar-refractivity contribution in [3.05, 3.63) is 58.7 Å². The third-order valence-electron chi connectivity index (χ3n) is 6.20. The first-order valence-electron chi connectivity index (χ1n) is 10.6. The van der Waals surface area contributed by atoms with Crippen LogP contribution in [0.1, 0.15) is 35.1 Å². The number of aryl methyl sites for hydroxylation is 2. The molecule has 0 radical (unpaired) electrons. The molecule has 1 fully saturated rings. The number of nitrogens with zero attached hydrogens (tertiary/aromatic N) is 1. The second kappa shape index (κ2) is 8.96. The van der Waals surface area contributed by atoms with Gasteiger partial charge in [-0.05, 0) is 55.5 Å². The summed E-state index contributed by atoms with van der Waals surface area (Å²) < 4.78 is 16.8. The average molecular weight is 410 g/mol. The van der Waals surface area contributed by atoms with E-state index in [1.165, 1.54) is 22.3 Å². The van der Waals surface area contributed by atoms with Gasteiger partial charge in [0.05, 0.1) is 0 Å². The smallest absolute Gasteiger partial charge is 0.231 e. The van der Waals surface area contributed by atoms with Crippen molar-refractivity contribution in [2.75, 3.05) is 33.6 Å². The van der Waals surface area contributed by atoms with Crippen LogP contribution in [0, 0.1) is 13.8 Å². The van der Waals surface area contributed by atoms with Crippen molar-refractivity contribution in [3.8, 4) is 11.5 Å². The highest BCUT2D eigenvalue weighted by Gasteiger charge is 2.35. The largest absolute Gasteiger partial charge is 0.454 e. The SMILES string of the molecule is CN=C(NCc1ccc(C)cc1C)NCC1(c2ccc3c(c2)OCO3)CCOCC1. The van der Waals surface area contributed by atoms with E-state index in [2.05, 4.69) is 59.8 Å². The third kappa shape index (κ3) is 4.38. The highest BCUT2D eigenvalue weighted by Crippen LogP contribution is 2.40. The molecular weight excluding hydrogens is 378 g/mol. The Morgan fingerprint density at radius 2 is 1.80 bits per heavy atom. The molecule has 2 N–H and O–H groups in total. The lowest BCUT2D eigenvalue weighted by Gasteiger charge is -2.38. The lowest BCUT2D eigenvalue weighted by molar-refractivity contribution is 0.0513. The van der Waals surface area contributed by atoms with Gasteiger partial charge >= 0.3 is 0 Å². The van der Waals surface area contributed by atoms with Crippen LogP contribution in [0.3, 0.4) is 0 Å². The monoisotopic (exact) mass is 409 g/mol. The van der Waals surface area contributed by atoms with Crippen molar-refractivity contribution in [2.45, 2.75) is 38.6 Å². The molecular formula is C24H31N3O3. The molecule has 2 aromatic carbocycles. The fourth-order valence-corrected chi connectivity index (χ4v) is 4.25. The van der Waals surface area contributed by atoms with Crippen LogP contribution in [-0.2, 0) is 16.7 Å². The van der Waals surface area contributed by atoms with E-state index < -0.39 is 0 Å². The molecule has 0 spiro atoms. The molecule has 6 nitrogen and oxygen atoms in total. The Hall–Kier alpha value is -2.73. The Morgan fingerprint density at radius 3 is 2.57 bits per heavy atom. The summed E-state index contributed by atoms with van der Waals surface area (Å²) in [4.78, 5) is 4.44. The predicted octanol–water partition coefficient (Wildman–Crippen LogP) is 3.45. The van der Waals surface area contributed by atoms with Gasteiger partial charge < -0.3 is 24.8 Å². The molecule has 0 amide bonds. The number of aliphatic imine (C=N–C) groups is 1. The van der Waals surface area contributed by atoms with Crippen molar-refractivity contribution in [3.63, 3.8) is 0 Å². The summed E-state index contributed by atoms with van der Waals surface area (Å²) in [6.07, 6.45) is 1.90. The molecule has 0 aromatic heterocycles. The number of guanidine groups is 1. The van der Waals surface area contributed by atoms with Crippen LogP contribution >= 0.6 is 0 Å². The zero-order chi connectivity index (χ0) is 21.0.